The molecule has 1 amide bonds. The van der Waals surface area contributed by atoms with Crippen LogP contribution >= 0.6 is 0 Å². The molecule has 1 atom stereocenters. The average molecular weight is 371 g/mol. The number of nitrogens with zero attached hydrogens (tertiary/aromatic N) is 3. The third kappa shape index (κ3) is 3.77. The molecule has 2 aliphatic rings. The number of benzene rings is 1. The minimum Gasteiger partial charge on any atom is -0.452 e. The zero-order valence-corrected chi connectivity index (χ0v) is 15.6. The highest BCUT2D eigenvalue weighted by Crippen LogP contribution is 2.27. The topological polar surface area (TPSA) is 75.9 Å². The van der Waals surface area contributed by atoms with Gasteiger partial charge in [0.25, 0.3) is 11.9 Å². The number of hydrogen-bond acceptors (Lipinski definition) is 6. The molecular formula is C20H25N3O4. The van der Waals surface area contributed by atoms with Gasteiger partial charge < -0.3 is 19.0 Å². The van der Waals surface area contributed by atoms with Crippen LogP contribution in [0.5, 0.6) is 0 Å². The van der Waals surface area contributed by atoms with Crippen LogP contribution in [-0.4, -0.2) is 54.0 Å². The Bertz CT molecular complexity index is 786. The third-order valence-corrected chi connectivity index (χ3v) is 5.44. The van der Waals surface area contributed by atoms with E-state index in [1.165, 1.54) is 0 Å². The molecule has 7 nitrogen and oxygen atoms in total. The van der Waals surface area contributed by atoms with Gasteiger partial charge in [0, 0.05) is 26.2 Å². The second kappa shape index (κ2) is 7.58. The fourth-order valence-corrected chi connectivity index (χ4v) is 3.82. The number of rotatable bonds is 4. The first-order chi connectivity index (χ1) is 13.1. The SMILES string of the molecule is CC(OC(=O)C1CCN(c2nc3ccccc3o2)CC1)C(=O)N1CCCC1. The zero-order valence-electron chi connectivity index (χ0n) is 15.6. The molecule has 2 fully saturated rings. The lowest BCUT2D eigenvalue weighted by Gasteiger charge is -2.30. The smallest absolute Gasteiger partial charge is 0.309 e. The normalized spacial score (nSPS) is 19.4. The van der Waals surface area contributed by atoms with Crippen molar-refractivity contribution in [2.75, 3.05) is 31.1 Å². The molecule has 0 radical (unpaired) electrons. The lowest BCUT2D eigenvalue weighted by molar-refractivity contribution is -0.162. The van der Waals surface area contributed by atoms with Crippen molar-refractivity contribution in [1.82, 2.24) is 9.88 Å². The summed E-state index contributed by atoms with van der Waals surface area (Å²) < 4.78 is 11.3. The average Bonchev–Trinajstić information content (AvgIpc) is 3.37. The molecule has 2 saturated heterocycles. The summed E-state index contributed by atoms with van der Waals surface area (Å²) in [7, 11) is 0. The predicted molar refractivity (Wildman–Crippen MR) is 100 cm³/mol. The number of likely N-dealkylation sites (tertiary alicyclic amines) is 1. The van der Waals surface area contributed by atoms with E-state index >= 15 is 0 Å². The van der Waals surface area contributed by atoms with E-state index in [1.807, 2.05) is 24.3 Å². The van der Waals surface area contributed by atoms with Crippen LogP contribution in [0.25, 0.3) is 11.1 Å². The highest BCUT2D eigenvalue weighted by molar-refractivity contribution is 5.84. The Morgan fingerprint density at radius 2 is 1.85 bits per heavy atom. The van der Waals surface area contributed by atoms with Crippen molar-refractivity contribution >= 4 is 29.0 Å². The number of para-hydroxylation sites is 2. The first kappa shape index (κ1) is 17.8. The van der Waals surface area contributed by atoms with Gasteiger partial charge in [0.05, 0.1) is 5.92 Å². The number of ether oxygens (including phenoxy) is 1. The van der Waals surface area contributed by atoms with Crippen LogP contribution in [0.4, 0.5) is 6.01 Å². The molecule has 1 unspecified atom stereocenters. The molecule has 3 heterocycles. The van der Waals surface area contributed by atoms with Gasteiger partial charge in [0.1, 0.15) is 5.52 Å². The van der Waals surface area contributed by atoms with E-state index < -0.39 is 6.10 Å². The fourth-order valence-electron chi connectivity index (χ4n) is 3.82. The first-order valence-corrected chi connectivity index (χ1v) is 9.71. The number of carbonyl (C=O) groups is 2. The molecule has 7 heteroatoms. The Balaban J connectivity index is 1.30. The molecule has 0 spiro atoms. The van der Waals surface area contributed by atoms with Gasteiger partial charge in [0.2, 0.25) is 0 Å². The van der Waals surface area contributed by atoms with E-state index in [0.717, 1.165) is 37.0 Å². The van der Waals surface area contributed by atoms with Crippen molar-refractivity contribution in [1.29, 1.82) is 0 Å². The van der Waals surface area contributed by atoms with Gasteiger partial charge in [0.15, 0.2) is 11.7 Å². The molecule has 0 N–H and O–H groups in total. The van der Waals surface area contributed by atoms with E-state index in [4.69, 9.17) is 9.15 Å². The minimum absolute atomic E-state index is 0.0789. The van der Waals surface area contributed by atoms with Gasteiger partial charge in [-0.3, -0.25) is 9.59 Å². The maximum atomic E-state index is 12.5. The molecule has 2 aliphatic heterocycles. The molecule has 2 aromatic rings. The van der Waals surface area contributed by atoms with Crippen LogP contribution in [0.15, 0.2) is 28.7 Å². The number of aromatic nitrogens is 1. The van der Waals surface area contributed by atoms with Crippen LogP contribution in [0, 0.1) is 5.92 Å². The molecule has 1 aromatic heterocycles. The second-order valence-corrected chi connectivity index (χ2v) is 7.34. The highest BCUT2D eigenvalue weighted by Gasteiger charge is 2.32. The maximum Gasteiger partial charge on any atom is 0.309 e. The summed E-state index contributed by atoms with van der Waals surface area (Å²) in [5, 5.41) is 0. The van der Waals surface area contributed by atoms with Gasteiger partial charge >= 0.3 is 5.97 Å². The Kier molecular flexibility index (Phi) is 5.01. The number of carbonyl (C=O) groups excluding carboxylic acids is 2. The summed E-state index contributed by atoms with van der Waals surface area (Å²) >= 11 is 0. The molecule has 0 saturated carbocycles. The van der Waals surface area contributed by atoms with Crippen molar-refractivity contribution < 1.29 is 18.7 Å². The van der Waals surface area contributed by atoms with E-state index in [1.54, 1.807) is 11.8 Å². The van der Waals surface area contributed by atoms with Gasteiger partial charge in [-0.05, 0) is 44.7 Å². The zero-order chi connectivity index (χ0) is 18.8. The Morgan fingerprint density at radius 3 is 2.56 bits per heavy atom. The maximum absolute atomic E-state index is 12.5. The summed E-state index contributed by atoms with van der Waals surface area (Å²) in [6.07, 6.45) is 2.69. The number of amides is 1. The Morgan fingerprint density at radius 1 is 1.15 bits per heavy atom. The number of piperidine rings is 1. The van der Waals surface area contributed by atoms with Crippen molar-refractivity contribution in [2.45, 2.75) is 38.7 Å². The van der Waals surface area contributed by atoms with Crippen molar-refractivity contribution in [3.8, 4) is 0 Å². The van der Waals surface area contributed by atoms with Gasteiger partial charge in [-0.2, -0.15) is 4.98 Å². The monoisotopic (exact) mass is 371 g/mol. The van der Waals surface area contributed by atoms with Gasteiger partial charge in [-0.25, -0.2) is 0 Å². The summed E-state index contributed by atoms with van der Waals surface area (Å²) in [6, 6.07) is 8.27. The second-order valence-electron chi connectivity index (χ2n) is 7.34. The molecule has 27 heavy (non-hydrogen) atoms. The number of fused-ring (bicyclic) bond motifs is 1. The molecular weight excluding hydrogens is 346 g/mol. The van der Waals surface area contributed by atoms with Gasteiger partial charge in [-0.15, -0.1) is 0 Å². The number of esters is 1. The quantitative estimate of drug-likeness (QED) is 0.769. The van der Waals surface area contributed by atoms with Gasteiger partial charge in [-0.1, -0.05) is 12.1 Å². The van der Waals surface area contributed by atoms with E-state index in [-0.39, 0.29) is 17.8 Å². The summed E-state index contributed by atoms with van der Waals surface area (Å²) in [5.74, 6) is -0.531. The highest BCUT2D eigenvalue weighted by atomic mass is 16.5. The standard InChI is InChI=1S/C20H25N3O4/c1-14(18(24)22-10-4-5-11-22)26-19(25)15-8-12-23(13-9-15)20-21-16-6-2-3-7-17(16)27-20/h2-3,6-7,14-15H,4-5,8-13H2,1H3. The number of oxazole rings is 1. The van der Waals surface area contributed by atoms with Crippen LogP contribution < -0.4 is 4.90 Å². The van der Waals surface area contributed by atoms with Crippen LogP contribution in [0.2, 0.25) is 0 Å². The van der Waals surface area contributed by atoms with E-state index in [9.17, 15) is 9.59 Å². The number of anilines is 1. The Hall–Kier alpha value is -2.57. The van der Waals surface area contributed by atoms with Crippen molar-refractivity contribution in [3.63, 3.8) is 0 Å². The van der Waals surface area contributed by atoms with Crippen LogP contribution in [-0.2, 0) is 14.3 Å². The minimum atomic E-state index is -0.703. The van der Waals surface area contributed by atoms with E-state index in [0.29, 0.717) is 31.9 Å². The molecule has 1 aromatic carbocycles. The molecule has 0 bridgehead atoms. The summed E-state index contributed by atoms with van der Waals surface area (Å²) in [6.45, 7) is 4.57. The number of hydrogen-bond donors (Lipinski definition) is 0. The molecule has 4 rings (SSSR count). The molecule has 0 aliphatic carbocycles. The van der Waals surface area contributed by atoms with Crippen LogP contribution in [0.1, 0.15) is 32.6 Å². The largest absolute Gasteiger partial charge is 0.452 e. The predicted octanol–water partition coefficient (Wildman–Crippen LogP) is 2.60. The van der Waals surface area contributed by atoms with Crippen LogP contribution in [0.3, 0.4) is 0 Å². The first-order valence-electron chi connectivity index (χ1n) is 9.71. The fraction of sp³-hybridized carbons (Fsp3) is 0.550. The van der Waals surface area contributed by atoms with Crippen molar-refractivity contribution in [3.05, 3.63) is 24.3 Å². The lowest BCUT2D eigenvalue weighted by Crippen LogP contribution is -2.41. The van der Waals surface area contributed by atoms with Crippen molar-refractivity contribution in [2.24, 2.45) is 5.92 Å². The summed E-state index contributed by atoms with van der Waals surface area (Å²) in [4.78, 5) is 33.1. The molecule has 144 valence electrons. The summed E-state index contributed by atoms with van der Waals surface area (Å²) in [5.41, 5.74) is 1.60. The Labute approximate surface area is 158 Å². The lowest BCUT2D eigenvalue weighted by atomic mass is 9.97. The third-order valence-electron chi connectivity index (χ3n) is 5.44. The van der Waals surface area contributed by atoms with E-state index in [2.05, 4.69) is 9.88 Å².